The van der Waals surface area contributed by atoms with Crippen LogP contribution in [-0.4, -0.2) is 4.57 Å². The predicted octanol–water partition coefficient (Wildman–Crippen LogP) is 5.29. The number of aryl methyl sites for hydroxylation is 2. The molecule has 1 aromatic heterocycles. The van der Waals surface area contributed by atoms with Crippen LogP contribution >= 0.6 is 11.3 Å². The summed E-state index contributed by atoms with van der Waals surface area (Å²) in [6, 6.07) is 9.14. The first-order valence-electron chi connectivity index (χ1n) is 8.02. The fraction of sp³-hybridized carbons (Fsp3) is 0.500. The van der Waals surface area contributed by atoms with E-state index in [2.05, 4.69) is 48.1 Å². The van der Waals surface area contributed by atoms with Crippen molar-refractivity contribution >= 4 is 17.0 Å². The molecule has 1 fully saturated rings. The smallest absolute Gasteiger partial charge is 0.190 e. The third-order valence-corrected chi connectivity index (χ3v) is 5.33. The van der Waals surface area contributed by atoms with E-state index in [1.54, 1.807) is 11.3 Å². The summed E-state index contributed by atoms with van der Waals surface area (Å²) in [5.41, 5.74) is 3.70. The molecule has 2 nitrogen and oxygen atoms in total. The lowest BCUT2D eigenvalue weighted by Crippen LogP contribution is -2.21. The largest absolute Gasteiger partial charge is 0.318 e. The summed E-state index contributed by atoms with van der Waals surface area (Å²) in [7, 11) is 0. The van der Waals surface area contributed by atoms with Crippen LogP contribution in [0.5, 0.6) is 0 Å². The summed E-state index contributed by atoms with van der Waals surface area (Å²) in [6.07, 6.45) is 8.11. The molecule has 1 saturated carbocycles. The molecule has 2 aromatic rings. The van der Waals surface area contributed by atoms with Crippen molar-refractivity contribution in [3.05, 3.63) is 45.7 Å². The molecule has 0 N–H and O–H groups in total. The number of hydrogen-bond acceptors (Lipinski definition) is 2. The van der Waals surface area contributed by atoms with Crippen LogP contribution in [0.15, 0.2) is 34.6 Å². The lowest BCUT2D eigenvalue weighted by atomic mass is 10.1. The Bertz CT molecular complexity index is 641. The van der Waals surface area contributed by atoms with E-state index in [9.17, 15) is 0 Å². The van der Waals surface area contributed by atoms with Crippen LogP contribution in [-0.2, 0) is 0 Å². The number of benzene rings is 1. The Morgan fingerprint density at radius 2 is 1.67 bits per heavy atom. The molecule has 21 heavy (non-hydrogen) atoms. The lowest BCUT2D eigenvalue weighted by molar-refractivity contribution is 0.428. The van der Waals surface area contributed by atoms with Gasteiger partial charge < -0.3 is 4.57 Å². The van der Waals surface area contributed by atoms with Crippen LogP contribution in [0.1, 0.15) is 55.8 Å². The zero-order chi connectivity index (χ0) is 14.7. The van der Waals surface area contributed by atoms with Crippen molar-refractivity contribution in [3.63, 3.8) is 0 Å². The number of nitrogens with zero attached hydrogens (tertiary/aromatic N) is 2. The van der Waals surface area contributed by atoms with Crippen molar-refractivity contribution in [1.82, 2.24) is 4.57 Å². The maximum Gasteiger partial charge on any atom is 0.190 e. The van der Waals surface area contributed by atoms with Crippen molar-refractivity contribution in [1.29, 1.82) is 0 Å². The van der Waals surface area contributed by atoms with Gasteiger partial charge in [-0.2, -0.15) is 0 Å². The molecule has 1 aromatic carbocycles. The highest BCUT2D eigenvalue weighted by molar-refractivity contribution is 7.07. The van der Waals surface area contributed by atoms with Crippen LogP contribution in [0.25, 0.3) is 0 Å². The Hall–Kier alpha value is -1.35. The molecule has 0 aliphatic heterocycles. The molecule has 3 heteroatoms. The average molecular weight is 300 g/mol. The summed E-state index contributed by atoms with van der Waals surface area (Å²) < 4.78 is 2.48. The van der Waals surface area contributed by atoms with E-state index in [1.165, 1.54) is 49.8 Å². The Kier molecular flexibility index (Phi) is 4.59. The van der Waals surface area contributed by atoms with Gasteiger partial charge in [0.05, 0.1) is 5.69 Å². The maximum absolute atomic E-state index is 4.89. The van der Waals surface area contributed by atoms with E-state index in [-0.39, 0.29) is 0 Å². The normalized spacial score (nSPS) is 17.9. The van der Waals surface area contributed by atoms with Crippen molar-refractivity contribution in [2.24, 2.45) is 4.99 Å². The Balaban J connectivity index is 1.97. The average Bonchev–Trinajstić information content (AvgIpc) is 2.69. The minimum absolute atomic E-state index is 0.642. The van der Waals surface area contributed by atoms with E-state index < -0.39 is 0 Å². The maximum atomic E-state index is 4.89. The number of rotatable bonds is 2. The predicted molar refractivity (Wildman–Crippen MR) is 90.2 cm³/mol. The molecule has 1 aliphatic rings. The topological polar surface area (TPSA) is 17.3 Å². The summed E-state index contributed by atoms with van der Waals surface area (Å²) in [5, 5.41) is 2.25. The van der Waals surface area contributed by atoms with Gasteiger partial charge in [0, 0.05) is 17.1 Å². The molecule has 0 bridgehead atoms. The molecule has 3 rings (SSSR count). The Labute approximate surface area is 131 Å². The molecule has 112 valence electrons. The number of aromatic nitrogens is 1. The summed E-state index contributed by atoms with van der Waals surface area (Å²) in [6.45, 7) is 4.33. The van der Waals surface area contributed by atoms with E-state index in [1.807, 2.05) is 0 Å². The van der Waals surface area contributed by atoms with E-state index in [4.69, 9.17) is 4.99 Å². The molecule has 0 saturated heterocycles. The fourth-order valence-electron chi connectivity index (χ4n) is 3.17. The third-order valence-electron chi connectivity index (χ3n) is 4.37. The molecule has 0 unspecified atom stereocenters. The van der Waals surface area contributed by atoms with Crippen molar-refractivity contribution in [2.75, 3.05) is 0 Å². The van der Waals surface area contributed by atoms with Gasteiger partial charge in [-0.1, -0.05) is 43.4 Å². The Morgan fingerprint density at radius 3 is 2.33 bits per heavy atom. The molecule has 0 radical (unpaired) electrons. The fourth-order valence-corrected chi connectivity index (χ4v) is 4.13. The van der Waals surface area contributed by atoms with Crippen LogP contribution < -0.4 is 4.80 Å². The van der Waals surface area contributed by atoms with Crippen molar-refractivity contribution in [2.45, 2.75) is 58.4 Å². The van der Waals surface area contributed by atoms with E-state index in [0.29, 0.717) is 6.04 Å². The first-order chi connectivity index (χ1) is 10.2. The highest BCUT2D eigenvalue weighted by atomic mass is 32.1. The first kappa shape index (κ1) is 14.6. The van der Waals surface area contributed by atoms with Gasteiger partial charge in [0.25, 0.3) is 0 Å². The molecule has 1 aliphatic carbocycles. The minimum Gasteiger partial charge on any atom is -0.318 e. The van der Waals surface area contributed by atoms with Gasteiger partial charge in [-0.25, -0.2) is 4.99 Å². The van der Waals surface area contributed by atoms with Gasteiger partial charge >= 0.3 is 0 Å². The van der Waals surface area contributed by atoms with Crippen LogP contribution in [0, 0.1) is 13.8 Å². The van der Waals surface area contributed by atoms with Gasteiger partial charge in [-0.3, -0.25) is 0 Å². The Morgan fingerprint density at radius 1 is 1.00 bits per heavy atom. The number of thiazole rings is 1. The van der Waals surface area contributed by atoms with Crippen LogP contribution in [0.2, 0.25) is 0 Å². The monoisotopic (exact) mass is 300 g/mol. The highest BCUT2D eigenvalue weighted by Gasteiger charge is 2.16. The lowest BCUT2D eigenvalue weighted by Gasteiger charge is -2.18. The second kappa shape index (κ2) is 6.61. The zero-order valence-electron chi connectivity index (χ0n) is 13.0. The second-order valence-corrected chi connectivity index (χ2v) is 6.96. The standard InChI is InChI=1S/C18H24N2S/c1-14-9-11-16(12-10-14)19-18-20(15(2)13-21-18)17-7-5-3-4-6-8-17/h9-13,17H,3-8H2,1-2H3. The molecule has 1 heterocycles. The molecule has 0 atom stereocenters. The third kappa shape index (κ3) is 3.46. The molecular formula is C18H24N2S. The zero-order valence-corrected chi connectivity index (χ0v) is 13.8. The molecule has 0 spiro atoms. The van der Waals surface area contributed by atoms with Crippen molar-refractivity contribution in [3.8, 4) is 0 Å². The molecular weight excluding hydrogens is 276 g/mol. The number of hydrogen-bond donors (Lipinski definition) is 0. The van der Waals surface area contributed by atoms with Gasteiger partial charge in [0.2, 0.25) is 0 Å². The van der Waals surface area contributed by atoms with Crippen LogP contribution in [0.3, 0.4) is 0 Å². The molecule has 0 amide bonds. The highest BCUT2D eigenvalue weighted by Crippen LogP contribution is 2.27. The summed E-state index contributed by atoms with van der Waals surface area (Å²) in [5.74, 6) is 0. The van der Waals surface area contributed by atoms with E-state index in [0.717, 1.165) is 10.5 Å². The second-order valence-electron chi connectivity index (χ2n) is 6.12. The quantitative estimate of drug-likeness (QED) is 0.670. The van der Waals surface area contributed by atoms with Gasteiger partial charge in [-0.15, -0.1) is 11.3 Å². The van der Waals surface area contributed by atoms with E-state index >= 15 is 0 Å². The van der Waals surface area contributed by atoms with Crippen LogP contribution in [0.4, 0.5) is 5.69 Å². The first-order valence-corrected chi connectivity index (χ1v) is 8.90. The van der Waals surface area contributed by atoms with Gasteiger partial charge in [-0.05, 0) is 38.8 Å². The van der Waals surface area contributed by atoms with Gasteiger partial charge in [0.1, 0.15) is 0 Å². The summed E-state index contributed by atoms with van der Waals surface area (Å²) in [4.78, 5) is 6.05. The summed E-state index contributed by atoms with van der Waals surface area (Å²) >= 11 is 1.77. The van der Waals surface area contributed by atoms with Gasteiger partial charge in [0.15, 0.2) is 4.80 Å². The van der Waals surface area contributed by atoms with Crippen molar-refractivity contribution < 1.29 is 0 Å². The SMILES string of the molecule is Cc1ccc(N=c2scc(C)n2C2CCCCCC2)cc1. The minimum atomic E-state index is 0.642.